The molecule has 2 rings (SSSR count). The van der Waals surface area contributed by atoms with Gasteiger partial charge in [-0.05, 0) is 55.3 Å². The standard InChI is InChI=1S/C13H23/c1-4-7-12(2,3)13-8-5-11(10-13)6-9-13/h11H,1,4-10H2,2-3H3. The van der Waals surface area contributed by atoms with Gasteiger partial charge in [0.1, 0.15) is 0 Å². The van der Waals surface area contributed by atoms with Crippen LogP contribution < -0.4 is 0 Å². The summed E-state index contributed by atoms with van der Waals surface area (Å²) in [5.41, 5.74) is 1.27. The van der Waals surface area contributed by atoms with Gasteiger partial charge in [-0.3, -0.25) is 0 Å². The molecule has 0 aliphatic heterocycles. The minimum Gasteiger partial charge on any atom is -0.0594 e. The van der Waals surface area contributed by atoms with E-state index in [1.54, 1.807) is 0 Å². The maximum absolute atomic E-state index is 4.02. The first-order chi connectivity index (χ1) is 6.10. The molecule has 13 heavy (non-hydrogen) atoms. The number of rotatable bonds is 3. The van der Waals surface area contributed by atoms with Gasteiger partial charge in [0.2, 0.25) is 0 Å². The van der Waals surface area contributed by atoms with E-state index in [0.717, 1.165) is 17.8 Å². The lowest BCUT2D eigenvalue weighted by molar-refractivity contribution is 0.0692. The zero-order chi connectivity index (χ0) is 9.53. The fraction of sp³-hybridized carbons (Fsp3) is 0.923. The molecule has 2 bridgehead atoms. The van der Waals surface area contributed by atoms with E-state index in [0.29, 0.717) is 5.41 Å². The van der Waals surface area contributed by atoms with E-state index in [1.165, 1.54) is 38.5 Å². The van der Waals surface area contributed by atoms with E-state index < -0.39 is 0 Å². The Labute approximate surface area is 83.1 Å². The van der Waals surface area contributed by atoms with Crippen LogP contribution in [0, 0.1) is 23.7 Å². The van der Waals surface area contributed by atoms with Crippen LogP contribution in [0.5, 0.6) is 0 Å². The van der Waals surface area contributed by atoms with Crippen molar-refractivity contribution < 1.29 is 0 Å². The lowest BCUT2D eigenvalue weighted by Crippen LogP contribution is -2.34. The predicted molar refractivity (Wildman–Crippen MR) is 57.4 cm³/mol. The SMILES string of the molecule is [CH2]CCC(C)(C)C12CCC(CC1)C2. The van der Waals surface area contributed by atoms with Crippen LogP contribution in [-0.4, -0.2) is 0 Å². The Kier molecular flexibility index (Phi) is 2.20. The minimum absolute atomic E-state index is 0.556. The van der Waals surface area contributed by atoms with Crippen LogP contribution in [0.15, 0.2) is 0 Å². The topological polar surface area (TPSA) is 0 Å². The van der Waals surface area contributed by atoms with Gasteiger partial charge in [0.05, 0.1) is 0 Å². The molecule has 2 saturated carbocycles. The Bertz CT molecular complexity index is 182. The van der Waals surface area contributed by atoms with Crippen molar-refractivity contribution >= 4 is 0 Å². The van der Waals surface area contributed by atoms with Crippen LogP contribution >= 0.6 is 0 Å². The summed E-state index contributed by atoms with van der Waals surface area (Å²) in [6.45, 7) is 8.98. The summed E-state index contributed by atoms with van der Waals surface area (Å²) < 4.78 is 0. The molecule has 0 aromatic carbocycles. The first kappa shape index (κ1) is 9.55. The Hall–Kier alpha value is 0. The first-order valence-corrected chi connectivity index (χ1v) is 5.89. The van der Waals surface area contributed by atoms with Crippen molar-refractivity contribution in [3.8, 4) is 0 Å². The van der Waals surface area contributed by atoms with E-state index >= 15 is 0 Å². The first-order valence-electron chi connectivity index (χ1n) is 5.89. The van der Waals surface area contributed by atoms with Crippen LogP contribution in [0.4, 0.5) is 0 Å². The molecule has 0 heteroatoms. The van der Waals surface area contributed by atoms with Crippen molar-refractivity contribution in [3.05, 3.63) is 6.92 Å². The van der Waals surface area contributed by atoms with Gasteiger partial charge >= 0.3 is 0 Å². The fourth-order valence-corrected chi connectivity index (χ4v) is 3.85. The molecule has 0 nitrogen and oxygen atoms in total. The summed E-state index contributed by atoms with van der Waals surface area (Å²) >= 11 is 0. The van der Waals surface area contributed by atoms with Gasteiger partial charge in [-0.15, -0.1) is 0 Å². The summed E-state index contributed by atoms with van der Waals surface area (Å²) in [4.78, 5) is 0. The van der Waals surface area contributed by atoms with Crippen molar-refractivity contribution in [2.24, 2.45) is 16.7 Å². The fourth-order valence-electron chi connectivity index (χ4n) is 3.85. The van der Waals surface area contributed by atoms with Gasteiger partial charge < -0.3 is 0 Å². The monoisotopic (exact) mass is 179 g/mol. The highest BCUT2D eigenvalue weighted by molar-refractivity contribution is 5.03. The molecular formula is C13H23. The summed E-state index contributed by atoms with van der Waals surface area (Å²) in [6.07, 6.45) is 10.00. The Morgan fingerprint density at radius 3 is 2.31 bits per heavy atom. The summed E-state index contributed by atoms with van der Waals surface area (Å²) in [5, 5.41) is 0. The van der Waals surface area contributed by atoms with Crippen LogP contribution in [0.2, 0.25) is 0 Å². The Morgan fingerprint density at radius 1 is 1.31 bits per heavy atom. The van der Waals surface area contributed by atoms with Gasteiger partial charge in [0, 0.05) is 0 Å². The predicted octanol–water partition coefficient (Wildman–Crippen LogP) is 4.21. The number of hydrogen-bond acceptors (Lipinski definition) is 0. The maximum atomic E-state index is 4.02. The number of hydrogen-bond donors (Lipinski definition) is 0. The highest BCUT2D eigenvalue weighted by Gasteiger charge is 2.52. The van der Waals surface area contributed by atoms with Crippen LogP contribution in [0.25, 0.3) is 0 Å². The molecule has 0 N–H and O–H groups in total. The molecular weight excluding hydrogens is 156 g/mol. The van der Waals surface area contributed by atoms with E-state index in [2.05, 4.69) is 20.8 Å². The Morgan fingerprint density at radius 2 is 1.92 bits per heavy atom. The van der Waals surface area contributed by atoms with Gasteiger partial charge in [0.15, 0.2) is 0 Å². The molecule has 0 unspecified atom stereocenters. The van der Waals surface area contributed by atoms with Crippen molar-refractivity contribution in [3.63, 3.8) is 0 Å². The minimum atomic E-state index is 0.556. The average molecular weight is 179 g/mol. The molecule has 0 atom stereocenters. The molecule has 1 radical (unpaired) electrons. The Balaban J connectivity index is 2.13. The lowest BCUT2D eigenvalue weighted by Gasteiger charge is -2.43. The second-order valence-electron chi connectivity index (χ2n) is 5.92. The summed E-state index contributed by atoms with van der Waals surface area (Å²) in [5.74, 6) is 1.09. The van der Waals surface area contributed by atoms with Gasteiger partial charge in [-0.2, -0.15) is 0 Å². The lowest BCUT2D eigenvalue weighted by atomic mass is 9.62. The van der Waals surface area contributed by atoms with Crippen LogP contribution in [0.1, 0.15) is 58.8 Å². The third-order valence-corrected chi connectivity index (χ3v) is 4.98. The number of fused-ring (bicyclic) bond motifs is 2. The smallest absolute Gasteiger partial charge is 0.0243 e. The molecule has 75 valence electrons. The quantitative estimate of drug-likeness (QED) is 0.609. The zero-order valence-corrected chi connectivity index (χ0v) is 9.23. The van der Waals surface area contributed by atoms with Crippen molar-refractivity contribution in [1.29, 1.82) is 0 Å². The molecule has 0 aromatic rings. The van der Waals surface area contributed by atoms with Crippen LogP contribution in [-0.2, 0) is 0 Å². The largest absolute Gasteiger partial charge is 0.0594 e. The highest BCUT2D eigenvalue weighted by Crippen LogP contribution is 2.63. The third-order valence-electron chi connectivity index (χ3n) is 4.98. The molecule has 2 aliphatic rings. The third kappa shape index (κ3) is 1.33. The molecule has 0 spiro atoms. The second-order valence-corrected chi connectivity index (χ2v) is 5.92. The second kappa shape index (κ2) is 3.00. The molecule has 0 saturated heterocycles. The highest BCUT2D eigenvalue weighted by atomic mass is 14.6. The van der Waals surface area contributed by atoms with Crippen molar-refractivity contribution in [2.45, 2.75) is 58.8 Å². The van der Waals surface area contributed by atoms with E-state index in [4.69, 9.17) is 0 Å². The average Bonchev–Trinajstić information content (AvgIpc) is 2.63. The summed E-state index contributed by atoms with van der Waals surface area (Å²) in [7, 11) is 0. The maximum Gasteiger partial charge on any atom is -0.0243 e. The summed E-state index contributed by atoms with van der Waals surface area (Å²) in [6, 6.07) is 0. The normalized spacial score (nSPS) is 38.5. The van der Waals surface area contributed by atoms with Gasteiger partial charge in [-0.25, -0.2) is 0 Å². The van der Waals surface area contributed by atoms with Gasteiger partial charge in [0.25, 0.3) is 0 Å². The molecule has 0 aromatic heterocycles. The van der Waals surface area contributed by atoms with Crippen molar-refractivity contribution in [1.82, 2.24) is 0 Å². The van der Waals surface area contributed by atoms with E-state index in [9.17, 15) is 0 Å². The van der Waals surface area contributed by atoms with Crippen molar-refractivity contribution in [2.75, 3.05) is 0 Å². The molecule has 0 amide bonds. The van der Waals surface area contributed by atoms with Crippen LogP contribution in [0.3, 0.4) is 0 Å². The van der Waals surface area contributed by atoms with Gasteiger partial charge in [-0.1, -0.05) is 27.2 Å². The van der Waals surface area contributed by atoms with E-state index in [1.807, 2.05) is 0 Å². The molecule has 0 heterocycles. The molecule has 2 fully saturated rings. The molecule has 2 aliphatic carbocycles. The zero-order valence-electron chi connectivity index (χ0n) is 9.23. The van der Waals surface area contributed by atoms with E-state index in [-0.39, 0.29) is 0 Å².